The van der Waals surface area contributed by atoms with E-state index in [1.54, 1.807) is 19.2 Å². The van der Waals surface area contributed by atoms with Crippen molar-refractivity contribution in [3.63, 3.8) is 0 Å². The Kier molecular flexibility index (Phi) is 6.06. The number of hydrogen-bond acceptors (Lipinski definition) is 4. The SMILES string of the molecule is COc1ccc2c(c1)c([C@@H](O)CN1CCC[C@@](O)(c3ccc(F)cc3)CC1)c(C)n2C. The number of β-amino-alcohol motifs (C(OH)–C–C–N with tert-alkyl or cyclic N) is 1. The van der Waals surface area contributed by atoms with Gasteiger partial charge < -0.3 is 24.4 Å². The Morgan fingerprint density at radius 2 is 1.87 bits per heavy atom. The number of halogens is 1. The molecule has 1 aliphatic heterocycles. The van der Waals surface area contributed by atoms with E-state index in [-0.39, 0.29) is 5.82 Å². The van der Waals surface area contributed by atoms with Crippen molar-refractivity contribution in [1.29, 1.82) is 0 Å². The normalized spacial score (nSPS) is 21.2. The van der Waals surface area contributed by atoms with Gasteiger partial charge in [-0.3, -0.25) is 0 Å². The highest BCUT2D eigenvalue weighted by Crippen LogP contribution is 2.35. The Morgan fingerprint density at radius 3 is 2.58 bits per heavy atom. The summed E-state index contributed by atoms with van der Waals surface area (Å²) in [5, 5.41) is 23.4. The van der Waals surface area contributed by atoms with Gasteiger partial charge in [0.1, 0.15) is 11.6 Å². The number of methoxy groups -OCH3 is 1. The van der Waals surface area contributed by atoms with Crippen LogP contribution in [0.4, 0.5) is 4.39 Å². The predicted octanol–water partition coefficient (Wildman–Crippen LogP) is 4.04. The van der Waals surface area contributed by atoms with E-state index in [4.69, 9.17) is 4.74 Å². The zero-order chi connectivity index (χ0) is 22.2. The molecule has 2 aromatic carbocycles. The number of benzene rings is 2. The van der Waals surface area contributed by atoms with Gasteiger partial charge in [-0.2, -0.15) is 0 Å². The number of aliphatic hydroxyl groups is 2. The van der Waals surface area contributed by atoms with Crippen LogP contribution in [0.2, 0.25) is 0 Å². The number of rotatable bonds is 5. The van der Waals surface area contributed by atoms with Crippen molar-refractivity contribution in [2.24, 2.45) is 7.05 Å². The highest BCUT2D eigenvalue weighted by molar-refractivity contribution is 5.87. The minimum atomic E-state index is -0.962. The first-order valence-electron chi connectivity index (χ1n) is 10.8. The predicted molar refractivity (Wildman–Crippen MR) is 120 cm³/mol. The fraction of sp³-hybridized carbons (Fsp3) is 0.440. The summed E-state index contributed by atoms with van der Waals surface area (Å²) in [5.74, 6) is 0.471. The highest BCUT2D eigenvalue weighted by atomic mass is 19.1. The molecule has 4 rings (SSSR count). The molecule has 2 heterocycles. The summed E-state index contributed by atoms with van der Waals surface area (Å²) in [6.07, 6.45) is 1.33. The van der Waals surface area contributed by atoms with Crippen LogP contribution in [0.25, 0.3) is 10.9 Å². The average Bonchev–Trinajstić information content (AvgIpc) is 2.88. The zero-order valence-corrected chi connectivity index (χ0v) is 18.4. The smallest absolute Gasteiger partial charge is 0.123 e. The molecular weight excluding hydrogens is 395 g/mol. The quantitative estimate of drug-likeness (QED) is 0.647. The average molecular weight is 427 g/mol. The third-order valence-electron chi connectivity index (χ3n) is 6.80. The Bertz CT molecular complexity index is 1060. The number of aliphatic hydroxyl groups excluding tert-OH is 1. The van der Waals surface area contributed by atoms with Gasteiger partial charge >= 0.3 is 0 Å². The van der Waals surface area contributed by atoms with E-state index in [1.807, 2.05) is 32.2 Å². The van der Waals surface area contributed by atoms with Gasteiger partial charge in [-0.25, -0.2) is 4.39 Å². The Hall–Kier alpha value is -2.41. The summed E-state index contributed by atoms with van der Waals surface area (Å²) >= 11 is 0. The van der Waals surface area contributed by atoms with Crippen LogP contribution < -0.4 is 4.74 Å². The summed E-state index contributed by atoms with van der Waals surface area (Å²) in [7, 11) is 3.65. The first-order valence-corrected chi connectivity index (χ1v) is 10.8. The van der Waals surface area contributed by atoms with Crippen LogP contribution in [0.1, 0.15) is 42.2 Å². The van der Waals surface area contributed by atoms with Gasteiger partial charge in [0.05, 0.1) is 18.8 Å². The molecule has 166 valence electrons. The molecule has 1 fully saturated rings. The molecule has 0 aliphatic carbocycles. The van der Waals surface area contributed by atoms with E-state index >= 15 is 0 Å². The van der Waals surface area contributed by atoms with E-state index in [0.29, 0.717) is 25.9 Å². The van der Waals surface area contributed by atoms with Gasteiger partial charge in [0, 0.05) is 42.3 Å². The first-order chi connectivity index (χ1) is 14.8. The molecule has 1 aliphatic rings. The Labute approximate surface area is 182 Å². The number of aryl methyl sites for hydroxylation is 1. The van der Waals surface area contributed by atoms with Crippen molar-refractivity contribution >= 4 is 10.9 Å². The van der Waals surface area contributed by atoms with Gasteiger partial charge in [-0.05, 0) is 68.6 Å². The lowest BCUT2D eigenvalue weighted by atomic mass is 9.87. The summed E-state index contributed by atoms with van der Waals surface area (Å²) in [4.78, 5) is 2.21. The summed E-state index contributed by atoms with van der Waals surface area (Å²) in [6.45, 7) is 3.99. The Balaban J connectivity index is 1.52. The lowest BCUT2D eigenvalue weighted by Gasteiger charge is -2.28. The summed E-state index contributed by atoms with van der Waals surface area (Å²) in [5.41, 5.74) is 2.82. The van der Waals surface area contributed by atoms with Crippen LogP contribution in [-0.4, -0.2) is 46.4 Å². The molecule has 2 atom stereocenters. The number of hydrogen-bond donors (Lipinski definition) is 2. The molecule has 0 radical (unpaired) electrons. The second-order valence-electron chi connectivity index (χ2n) is 8.65. The van der Waals surface area contributed by atoms with E-state index in [9.17, 15) is 14.6 Å². The fourth-order valence-corrected chi connectivity index (χ4v) is 4.87. The maximum absolute atomic E-state index is 13.3. The minimum Gasteiger partial charge on any atom is -0.497 e. The lowest BCUT2D eigenvalue weighted by molar-refractivity contribution is 0.0194. The second kappa shape index (κ2) is 8.61. The lowest BCUT2D eigenvalue weighted by Crippen LogP contribution is -2.32. The van der Waals surface area contributed by atoms with Crippen LogP contribution in [0, 0.1) is 12.7 Å². The van der Waals surface area contributed by atoms with E-state index < -0.39 is 11.7 Å². The van der Waals surface area contributed by atoms with Crippen molar-refractivity contribution in [3.05, 3.63) is 65.1 Å². The summed E-state index contributed by atoms with van der Waals surface area (Å²) < 4.78 is 20.8. The molecule has 2 N–H and O–H groups in total. The van der Waals surface area contributed by atoms with Gasteiger partial charge in [-0.1, -0.05) is 12.1 Å². The van der Waals surface area contributed by atoms with Gasteiger partial charge in [-0.15, -0.1) is 0 Å². The maximum Gasteiger partial charge on any atom is 0.123 e. The molecular formula is C25H31FN2O3. The fourth-order valence-electron chi connectivity index (χ4n) is 4.87. The number of aromatic nitrogens is 1. The number of ether oxygens (including phenoxy) is 1. The van der Waals surface area contributed by atoms with Gasteiger partial charge in [0.2, 0.25) is 0 Å². The highest BCUT2D eigenvalue weighted by Gasteiger charge is 2.33. The third kappa shape index (κ3) is 4.20. The minimum absolute atomic E-state index is 0.298. The largest absolute Gasteiger partial charge is 0.497 e. The van der Waals surface area contributed by atoms with Crippen molar-refractivity contribution < 1.29 is 19.3 Å². The molecule has 5 nitrogen and oxygen atoms in total. The van der Waals surface area contributed by atoms with Gasteiger partial charge in [0.15, 0.2) is 0 Å². The molecule has 0 spiro atoms. The molecule has 0 unspecified atom stereocenters. The number of fused-ring (bicyclic) bond motifs is 1. The van der Waals surface area contributed by atoms with Crippen molar-refractivity contribution in [3.8, 4) is 5.75 Å². The van der Waals surface area contributed by atoms with Crippen molar-refractivity contribution in [1.82, 2.24) is 9.47 Å². The van der Waals surface area contributed by atoms with Crippen molar-refractivity contribution in [2.45, 2.75) is 37.9 Å². The molecule has 0 amide bonds. The molecule has 0 bridgehead atoms. The topological polar surface area (TPSA) is 57.9 Å². The molecule has 3 aromatic rings. The monoisotopic (exact) mass is 426 g/mol. The van der Waals surface area contributed by atoms with Crippen LogP contribution >= 0.6 is 0 Å². The molecule has 1 saturated heterocycles. The molecule has 1 aromatic heterocycles. The van der Waals surface area contributed by atoms with Crippen LogP contribution in [0.15, 0.2) is 42.5 Å². The van der Waals surface area contributed by atoms with Crippen molar-refractivity contribution in [2.75, 3.05) is 26.7 Å². The zero-order valence-electron chi connectivity index (χ0n) is 18.4. The summed E-state index contributed by atoms with van der Waals surface area (Å²) in [6, 6.07) is 12.1. The van der Waals surface area contributed by atoms with Gasteiger partial charge in [0.25, 0.3) is 0 Å². The molecule has 31 heavy (non-hydrogen) atoms. The Morgan fingerprint density at radius 1 is 1.13 bits per heavy atom. The van der Waals surface area contributed by atoms with E-state index in [0.717, 1.165) is 46.4 Å². The molecule has 6 heteroatoms. The van der Waals surface area contributed by atoms with E-state index in [2.05, 4.69) is 9.47 Å². The van der Waals surface area contributed by atoms with E-state index in [1.165, 1.54) is 12.1 Å². The van der Waals surface area contributed by atoms with Crippen LogP contribution in [0.3, 0.4) is 0 Å². The molecule has 0 saturated carbocycles. The standard InChI is InChI=1S/C25H31FN2O3/c1-17-24(21-15-20(31-3)9-10-22(21)27(17)2)23(29)16-28-13-4-11-25(30,12-14-28)18-5-7-19(26)8-6-18/h5-10,15,23,29-30H,4,11-14,16H2,1-3H3/t23-,25-/m0/s1. The third-order valence-corrected chi connectivity index (χ3v) is 6.80. The van der Waals surface area contributed by atoms with Crippen LogP contribution in [-0.2, 0) is 12.6 Å². The second-order valence-corrected chi connectivity index (χ2v) is 8.65. The maximum atomic E-state index is 13.3. The number of nitrogens with zero attached hydrogens (tertiary/aromatic N) is 2. The number of likely N-dealkylation sites (tertiary alicyclic amines) is 1. The first kappa shape index (κ1) is 21.8. The van der Waals surface area contributed by atoms with Crippen LogP contribution in [0.5, 0.6) is 5.75 Å².